The van der Waals surface area contributed by atoms with Crippen LogP contribution in [0.5, 0.6) is 5.75 Å². The quantitative estimate of drug-likeness (QED) is 0.346. The van der Waals surface area contributed by atoms with Gasteiger partial charge in [0, 0.05) is 18.4 Å². The third kappa shape index (κ3) is 5.63. The largest absolute Gasteiger partial charge is 0.497 e. The fraction of sp³-hybridized carbons (Fsp3) is 0.192. The van der Waals surface area contributed by atoms with E-state index in [4.69, 9.17) is 4.74 Å². The third-order valence-corrected chi connectivity index (χ3v) is 6.50. The Morgan fingerprint density at radius 2 is 1.74 bits per heavy atom. The van der Waals surface area contributed by atoms with Crippen molar-refractivity contribution in [3.05, 3.63) is 107 Å². The van der Waals surface area contributed by atoms with Crippen LogP contribution < -0.4 is 10.1 Å². The molecule has 8 heteroatoms. The van der Waals surface area contributed by atoms with Gasteiger partial charge in [-0.15, -0.1) is 10.2 Å². The van der Waals surface area contributed by atoms with Crippen molar-refractivity contribution in [3.63, 3.8) is 0 Å². The molecule has 34 heavy (non-hydrogen) atoms. The van der Waals surface area contributed by atoms with Crippen molar-refractivity contribution in [2.75, 3.05) is 7.11 Å². The minimum atomic E-state index is -0.405. The topological polar surface area (TPSA) is 69.0 Å². The number of nitrogens with zero attached hydrogens (tertiary/aromatic N) is 3. The molecule has 4 rings (SSSR count). The van der Waals surface area contributed by atoms with Gasteiger partial charge in [-0.2, -0.15) is 0 Å². The number of hydrogen-bond acceptors (Lipinski definition) is 5. The summed E-state index contributed by atoms with van der Waals surface area (Å²) in [7, 11) is 3.44. The van der Waals surface area contributed by atoms with Crippen LogP contribution in [-0.2, 0) is 19.2 Å². The molecule has 0 unspecified atom stereocenters. The Bertz CT molecular complexity index is 1250. The summed E-state index contributed by atoms with van der Waals surface area (Å²) in [5.74, 6) is 1.28. The smallest absolute Gasteiger partial charge is 0.251 e. The molecule has 0 aliphatic carbocycles. The van der Waals surface area contributed by atoms with E-state index in [9.17, 15) is 9.18 Å². The van der Waals surface area contributed by atoms with E-state index in [1.807, 2.05) is 48.0 Å². The second kappa shape index (κ2) is 11.0. The number of carbonyl (C=O) groups is 1. The molecule has 0 saturated heterocycles. The van der Waals surface area contributed by atoms with Crippen molar-refractivity contribution in [1.82, 2.24) is 20.1 Å². The van der Waals surface area contributed by atoms with Crippen LogP contribution in [0.4, 0.5) is 4.39 Å². The molecule has 0 aliphatic heterocycles. The van der Waals surface area contributed by atoms with Gasteiger partial charge in [0.1, 0.15) is 11.6 Å². The van der Waals surface area contributed by atoms with Crippen LogP contribution in [0.3, 0.4) is 0 Å². The van der Waals surface area contributed by atoms with Crippen LogP contribution >= 0.6 is 11.8 Å². The number of thioether (sulfide) groups is 1. The number of benzene rings is 3. The van der Waals surface area contributed by atoms with Crippen molar-refractivity contribution in [1.29, 1.82) is 0 Å². The molecule has 0 fully saturated rings. The lowest BCUT2D eigenvalue weighted by Crippen LogP contribution is -2.31. The summed E-state index contributed by atoms with van der Waals surface area (Å²) in [6.07, 6.45) is 0.548. The molecule has 1 heterocycles. The number of amides is 1. The zero-order chi connectivity index (χ0) is 23.9. The lowest BCUT2D eigenvalue weighted by Gasteiger charge is -2.19. The second-order valence-corrected chi connectivity index (χ2v) is 8.67. The van der Waals surface area contributed by atoms with E-state index in [1.165, 1.54) is 17.8 Å². The summed E-state index contributed by atoms with van der Waals surface area (Å²) in [4.78, 5) is 13.0. The zero-order valence-corrected chi connectivity index (χ0v) is 19.8. The maximum absolute atomic E-state index is 14.0. The molecule has 6 nitrogen and oxygen atoms in total. The predicted molar refractivity (Wildman–Crippen MR) is 130 cm³/mol. The summed E-state index contributed by atoms with van der Waals surface area (Å²) in [5, 5.41) is 12.4. The van der Waals surface area contributed by atoms with Crippen LogP contribution in [-0.4, -0.2) is 27.8 Å². The second-order valence-electron chi connectivity index (χ2n) is 7.72. The maximum atomic E-state index is 14.0. The average Bonchev–Trinajstić information content (AvgIpc) is 3.24. The minimum absolute atomic E-state index is 0.216. The van der Waals surface area contributed by atoms with Gasteiger partial charge in [-0.05, 0) is 47.9 Å². The van der Waals surface area contributed by atoms with Crippen LogP contribution in [0.15, 0.2) is 84.0 Å². The van der Waals surface area contributed by atoms with Gasteiger partial charge in [-0.25, -0.2) is 4.39 Å². The van der Waals surface area contributed by atoms with E-state index in [0.717, 1.165) is 5.56 Å². The average molecular weight is 477 g/mol. The van der Waals surface area contributed by atoms with Crippen molar-refractivity contribution in [3.8, 4) is 5.75 Å². The molecular formula is C26H25FN4O2S. The first-order chi connectivity index (χ1) is 16.5. The molecule has 1 aromatic heterocycles. The number of nitrogens with one attached hydrogen (secondary N) is 1. The fourth-order valence-corrected chi connectivity index (χ4v) is 4.46. The summed E-state index contributed by atoms with van der Waals surface area (Å²) in [6, 6.07) is 23.1. The number of methoxy groups -OCH3 is 1. The van der Waals surface area contributed by atoms with E-state index in [2.05, 4.69) is 15.5 Å². The zero-order valence-electron chi connectivity index (χ0n) is 18.9. The molecule has 0 saturated carbocycles. The number of aromatic nitrogens is 3. The molecule has 4 aromatic rings. The van der Waals surface area contributed by atoms with Gasteiger partial charge in [-0.3, -0.25) is 4.79 Å². The number of rotatable bonds is 9. The van der Waals surface area contributed by atoms with Gasteiger partial charge < -0.3 is 14.6 Å². The molecule has 3 aromatic carbocycles. The Hall–Kier alpha value is -3.65. The Morgan fingerprint density at radius 1 is 1.03 bits per heavy atom. The molecule has 0 spiro atoms. The van der Waals surface area contributed by atoms with Gasteiger partial charge in [0.2, 0.25) is 0 Å². The van der Waals surface area contributed by atoms with Crippen molar-refractivity contribution < 1.29 is 13.9 Å². The Labute approximate surface area is 202 Å². The first-order valence-electron chi connectivity index (χ1n) is 10.8. The van der Waals surface area contributed by atoms with Gasteiger partial charge in [-0.1, -0.05) is 60.3 Å². The van der Waals surface area contributed by atoms with Crippen molar-refractivity contribution in [2.45, 2.75) is 23.4 Å². The third-order valence-electron chi connectivity index (χ3n) is 5.44. The first kappa shape index (κ1) is 23.5. The number of hydrogen-bond donors (Lipinski definition) is 1. The predicted octanol–water partition coefficient (Wildman–Crippen LogP) is 4.97. The highest BCUT2D eigenvalue weighted by atomic mass is 32.2. The molecule has 1 amide bonds. The lowest BCUT2D eigenvalue weighted by molar-refractivity contribution is 0.0934. The molecule has 1 N–H and O–H groups in total. The number of halogens is 1. The number of carbonyl (C=O) groups excluding carboxylic acids is 1. The summed E-state index contributed by atoms with van der Waals surface area (Å²) in [6.45, 7) is 0. The van der Waals surface area contributed by atoms with Gasteiger partial charge in [0.15, 0.2) is 11.0 Å². The molecule has 0 radical (unpaired) electrons. The summed E-state index contributed by atoms with van der Waals surface area (Å²) < 4.78 is 21.0. The highest BCUT2D eigenvalue weighted by Crippen LogP contribution is 2.26. The van der Waals surface area contributed by atoms with Crippen molar-refractivity contribution >= 4 is 17.7 Å². The Balaban J connectivity index is 1.56. The van der Waals surface area contributed by atoms with Crippen LogP contribution in [0.25, 0.3) is 0 Å². The SMILES string of the molecule is COc1ccc(C(=O)N[C@@H](Cc2ccccc2)c2nnc(SCc3ccccc3F)n2C)cc1. The first-order valence-corrected chi connectivity index (χ1v) is 11.8. The monoisotopic (exact) mass is 476 g/mol. The summed E-state index contributed by atoms with van der Waals surface area (Å²) >= 11 is 1.40. The van der Waals surface area contributed by atoms with E-state index in [-0.39, 0.29) is 11.7 Å². The summed E-state index contributed by atoms with van der Waals surface area (Å²) in [5.41, 5.74) is 2.19. The van der Waals surface area contributed by atoms with E-state index < -0.39 is 6.04 Å². The lowest BCUT2D eigenvalue weighted by atomic mass is 10.0. The van der Waals surface area contributed by atoms with Crippen LogP contribution in [0.2, 0.25) is 0 Å². The highest BCUT2D eigenvalue weighted by Gasteiger charge is 2.23. The highest BCUT2D eigenvalue weighted by molar-refractivity contribution is 7.98. The van der Waals surface area contributed by atoms with Crippen molar-refractivity contribution in [2.24, 2.45) is 7.05 Å². The molecule has 0 bridgehead atoms. The van der Waals surface area contributed by atoms with E-state index in [1.54, 1.807) is 43.5 Å². The van der Waals surface area contributed by atoms with E-state index >= 15 is 0 Å². The van der Waals surface area contributed by atoms with Gasteiger partial charge >= 0.3 is 0 Å². The van der Waals surface area contributed by atoms with E-state index in [0.29, 0.717) is 40.0 Å². The van der Waals surface area contributed by atoms with Gasteiger partial charge in [0.25, 0.3) is 5.91 Å². The standard InChI is InChI=1S/C26H25FN4O2S/c1-31-24(29-30-26(31)34-17-20-10-6-7-11-22(20)27)23(16-18-8-4-3-5-9-18)28-25(32)19-12-14-21(33-2)15-13-19/h3-15,23H,16-17H2,1-2H3,(H,28,32)/t23-/m0/s1. The van der Waals surface area contributed by atoms with Crippen LogP contribution in [0, 0.1) is 5.82 Å². The molecule has 0 aliphatic rings. The molecule has 1 atom stereocenters. The maximum Gasteiger partial charge on any atom is 0.251 e. The minimum Gasteiger partial charge on any atom is -0.497 e. The normalized spacial score (nSPS) is 11.7. The number of ether oxygens (including phenoxy) is 1. The van der Waals surface area contributed by atoms with Gasteiger partial charge in [0.05, 0.1) is 13.2 Å². The molecule has 174 valence electrons. The Kier molecular flexibility index (Phi) is 7.59. The Morgan fingerprint density at radius 3 is 2.44 bits per heavy atom. The fourth-order valence-electron chi connectivity index (χ4n) is 3.55. The van der Waals surface area contributed by atoms with Crippen LogP contribution in [0.1, 0.15) is 33.4 Å². The molecular weight excluding hydrogens is 451 g/mol.